The fourth-order valence-electron chi connectivity index (χ4n) is 3.29. The molecular formula is C22H28N4O3. The molecule has 2 aromatic rings. The van der Waals surface area contributed by atoms with E-state index in [9.17, 15) is 9.59 Å². The van der Waals surface area contributed by atoms with Crippen LogP contribution in [0.15, 0.2) is 42.5 Å². The highest BCUT2D eigenvalue weighted by Gasteiger charge is 2.15. The van der Waals surface area contributed by atoms with Crippen molar-refractivity contribution in [1.82, 2.24) is 20.7 Å². The molecule has 7 nitrogen and oxygen atoms in total. The molecule has 0 spiro atoms. The van der Waals surface area contributed by atoms with Crippen LogP contribution in [-0.4, -0.2) is 62.0 Å². The monoisotopic (exact) mass is 396 g/mol. The van der Waals surface area contributed by atoms with Crippen LogP contribution in [0.25, 0.3) is 0 Å². The standard InChI is InChI=1S/C22H28N4O3/c1-16-7-8-19(14-20(16)29-3)22(28)24-23-21(27)18-6-4-5-17(13-18)15-26-11-9-25(2)10-12-26/h4-8,13-14H,9-12,15H2,1-3H3,(H,23,27)(H,24,28). The van der Waals surface area contributed by atoms with Gasteiger partial charge in [0.2, 0.25) is 0 Å². The van der Waals surface area contributed by atoms with Crippen molar-refractivity contribution in [2.75, 3.05) is 40.3 Å². The van der Waals surface area contributed by atoms with Gasteiger partial charge in [-0.3, -0.25) is 25.3 Å². The third kappa shape index (κ3) is 5.56. The number of rotatable bonds is 5. The van der Waals surface area contributed by atoms with Crippen LogP contribution in [0.3, 0.4) is 0 Å². The number of aryl methyl sites for hydroxylation is 1. The lowest BCUT2D eigenvalue weighted by molar-refractivity contribution is 0.0846. The van der Waals surface area contributed by atoms with Gasteiger partial charge >= 0.3 is 0 Å². The van der Waals surface area contributed by atoms with Crippen molar-refractivity contribution in [3.63, 3.8) is 0 Å². The summed E-state index contributed by atoms with van der Waals surface area (Å²) in [5.74, 6) is -0.122. The molecule has 0 saturated carbocycles. The number of benzene rings is 2. The molecule has 1 heterocycles. The Labute approximate surface area is 171 Å². The molecule has 154 valence electrons. The third-order valence-electron chi connectivity index (χ3n) is 5.15. The lowest BCUT2D eigenvalue weighted by atomic mass is 10.1. The SMILES string of the molecule is COc1cc(C(=O)NNC(=O)c2cccc(CN3CCN(C)CC3)c2)ccc1C. The number of amides is 2. The van der Waals surface area contributed by atoms with Gasteiger partial charge in [0.05, 0.1) is 7.11 Å². The van der Waals surface area contributed by atoms with Gasteiger partial charge in [0.15, 0.2) is 0 Å². The van der Waals surface area contributed by atoms with Crippen molar-refractivity contribution in [2.24, 2.45) is 0 Å². The number of ether oxygens (including phenoxy) is 1. The molecule has 0 radical (unpaired) electrons. The average Bonchev–Trinajstić information content (AvgIpc) is 2.74. The lowest BCUT2D eigenvalue weighted by Crippen LogP contribution is -2.44. The minimum Gasteiger partial charge on any atom is -0.496 e. The van der Waals surface area contributed by atoms with Gasteiger partial charge in [-0.15, -0.1) is 0 Å². The number of nitrogens with zero attached hydrogens (tertiary/aromatic N) is 2. The van der Waals surface area contributed by atoms with Crippen molar-refractivity contribution in [3.05, 3.63) is 64.7 Å². The Morgan fingerprint density at radius 2 is 1.62 bits per heavy atom. The molecule has 2 aromatic carbocycles. The van der Waals surface area contributed by atoms with Gasteiger partial charge in [0.1, 0.15) is 5.75 Å². The van der Waals surface area contributed by atoms with Crippen molar-refractivity contribution in [1.29, 1.82) is 0 Å². The second kappa shape index (κ2) is 9.54. The van der Waals surface area contributed by atoms with Gasteiger partial charge in [0, 0.05) is 43.9 Å². The summed E-state index contributed by atoms with van der Waals surface area (Å²) in [6.07, 6.45) is 0. The number of likely N-dealkylation sites (N-methyl/N-ethyl adjacent to an activating group) is 1. The lowest BCUT2D eigenvalue weighted by Gasteiger charge is -2.32. The third-order valence-corrected chi connectivity index (χ3v) is 5.15. The summed E-state index contributed by atoms with van der Waals surface area (Å²) in [5.41, 5.74) is 7.89. The van der Waals surface area contributed by atoms with Gasteiger partial charge < -0.3 is 9.64 Å². The van der Waals surface area contributed by atoms with Gasteiger partial charge in [-0.2, -0.15) is 0 Å². The number of hydrogen-bond donors (Lipinski definition) is 2. The molecule has 0 aromatic heterocycles. The van der Waals surface area contributed by atoms with Crippen molar-refractivity contribution < 1.29 is 14.3 Å². The highest BCUT2D eigenvalue weighted by molar-refractivity contribution is 5.99. The van der Waals surface area contributed by atoms with Crippen LogP contribution in [0.1, 0.15) is 31.8 Å². The van der Waals surface area contributed by atoms with Crippen LogP contribution in [0.4, 0.5) is 0 Å². The summed E-state index contributed by atoms with van der Waals surface area (Å²) in [5, 5.41) is 0. The number of carbonyl (C=O) groups excluding carboxylic acids is 2. The molecule has 2 amide bonds. The first-order valence-corrected chi connectivity index (χ1v) is 9.71. The molecule has 0 atom stereocenters. The maximum Gasteiger partial charge on any atom is 0.269 e. The predicted molar refractivity (Wildman–Crippen MR) is 112 cm³/mol. The molecule has 0 unspecified atom stereocenters. The van der Waals surface area contributed by atoms with Gasteiger partial charge in [-0.1, -0.05) is 18.2 Å². The fourth-order valence-corrected chi connectivity index (χ4v) is 3.29. The molecule has 29 heavy (non-hydrogen) atoms. The number of piperazine rings is 1. The Morgan fingerprint density at radius 3 is 2.28 bits per heavy atom. The molecule has 1 aliphatic rings. The zero-order valence-corrected chi connectivity index (χ0v) is 17.2. The zero-order valence-electron chi connectivity index (χ0n) is 17.2. The highest BCUT2D eigenvalue weighted by Crippen LogP contribution is 2.18. The molecule has 1 aliphatic heterocycles. The number of carbonyl (C=O) groups is 2. The Kier molecular flexibility index (Phi) is 6.85. The molecule has 0 bridgehead atoms. The van der Waals surface area contributed by atoms with Gasteiger partial charge in [-0.25, -0.2) is 0 Å². The Hall–Kier alpha value is -2.90. The number of hydrogen-bond acceptors (Lipinski definition) is 5. The van der Waals surface area contributed by atoms with E-state index >= 15 is 0 Å². The van der Waals surface area contributed by atoms with Crippen molar-refractivity contribution in [2.45, 2.75) is 13.5 Å². The van der Waals surface area contributed by atoms with E-state index in [0.717, 1.165) is 43.9 Å². The molecule has 0 aliphatic carbocycles. The topological polar surface area (TPSA) is 73.9 Å². The first kappa shape index (κ1) is 20.8. The van der Waals surface area contributed by atoms with E-state index in [1.807, 2.05) is 25.1 Å². The maximum absolute atomic E-state index is 12.5. The molecule has 1 fully saturated rings. The Balaban J connectivity index is 1.57. The number of nitrogens with one attached hydrogen (secondary N) is 2. The van der Waals surface area contributed by atoms with Crippen molar-refractivity contribution in [3.8, 4) is 5.75 Å². The van der Waals surface area contributed by atoms with Crippen LogP contribution in [0.5, 0.6) is 5.75 Å². The summed E-state index contributed by atoms with van der Waals surface area (Å²) in [6, 6.07) is 12.6. The van der Waals surface area contributed by atoms with E-state index in [1.165, 1.54) is 0 Å². The first-order valence-electron chi connectivity index (χ1n) is 9.71. The second-order valence-corrected chi connectivity index (χ2v) is 7.37. The summed E-state index contributed by atoms with van der Waals surface area (Å²) in [4.78, 5) is 29.5. The minimum atomic E-state index is -0.398. The van der Waals surface area contributed by atoms with E-state index < -0.39 is 5.91 Å². The average molecular weight is 396 g/mol. The Bertz CT molecular complexity index is 876. The van der Waals surface area contributed by atoms with E-state index in [4.69, 9.17) is 4.74 Å². The van der Waals surface area contributed by atoms with Crippen LogP contribution in [0, 0.1) is 6.92 Å². The quantitative estimate of drug-likeness (QED) is 0.755. The molecule has 3 rings (SSSR count). The minimum absolute atomic E-state index is 0.349. The molecule has 7 heteroatoms. The van der Waals surface area contributed by atoms with Crippen LogP contribution in [-0.2, 0) is 6.54 Å². The summed E-state index contributed by atoms with van der Waals surface area (Å²) >= 11 is 0. The van der Waals surface area contributed by atoms with E-state index in [2.05, 4.69) is 27.7 Å². The smallest absolute Gasteiger partial charge is 0.269 e. The number of hydrazine groups is 1. The van der Waals surface area contributed by atoms with Crippen LogP contribution < -0.4 is 15.6 Å². The van der Waals surface area contributed by atoms with E-state index in [0.29, 0.717) is 16.9 Å². The summed E-state index contributed by atoms with van der Waals surface area (Å²) in [7, 11) is 3.68. The van der Waals surface area contributed by atoms with Crippen LogP contribution in [0.2, 0.25) is 0 Å². The zero-order chi connectivity index (χ0) is 20.8. The summed E-state index contributed by atoms with van der Waals surface area (Å²) in [6.45, 7) is 6.85. The first-order chi connectivity index (χ1) is 14.0. The van der Waals surface area contributed by atoms with Crippen LogP contribution >= 0.6 is 0 Å². The highest BCUT2D eigenvalue weighted by atomic mass is 16.5. The van der Waals surface area contributed by atoms with E-state index in [1.54, 1.807) is 31.4 Å². The molecule has 2 N–H and O–H groups in total. The Morgan fingerprint density at radius 1 is 0.966 bits per heavy atom. The van der Waals surface area contributed by atoms with Gasteiger partial charge in [0.25, 0.3) is 11.8 Å². The molecule has 1 saturated heterocycles. The van der Waals surface area contributed by atoms with E-state index in [-0.39, 0.29) is 5.91 Å². The fraction of sp³-hybridized carbons (Fsp3) is 0.364. The second-order valence-electron chi connectivity index (χ2n) is 7.37. The van der Waals surface area contributed by atoms with Gasteiger partial charge in [-0.05, 0) is 49.4 Å². The molecular weight excluding hydrogens is 368 g/mol. The van der Waals surface area contributed by atoms with Crippen molar-refractivity contribution >= 4 is 11.8 Å². The normalized spacial score (nSPS) is 15.0. The number of methoxy groups -OCH3 is 1. The largest absolute Gasteiger partial charge is 0.496 e. The summed E-state index contributed by atoms with van der Waals surface area (Å²) < 4.78 is 5.24. The predicted octanol–water partition coefficient (Wildman–Crippen LogP) is 1.83. The maximum atomic E-state index is 12.5.